The number of hydrogen-bond acceptors (Lipinski definition) is 8. The fourth-order valence-electron chi connectivity index (χ4n) is 4.64. The van der Waals surface area contributed by atoms with Crippen LogP contribution in [0.15, 0.2) is 42.5 Å². The second kappa shape index (κ2) is 17.1. The molecule has 2 heterocycles. The number of carbonyl (C=O) groups excluding carboxylic acids is 2. The summed E-state index contributed by atoms with van der Waals surface area (Å²) >= 11 is 0. The summed E-state index contributed by atoms with van der Waals surface area (Å²) in [6.07, 6.45) is 4.03. The third-order valence-electron chi connectivity index (χ3n) is 6.54. The Bertz CT molecular complexity index is 1030. The lowest BCUT2D eigenvalue weighted by Crippen LogP contribution is -3.16. The number of carbonyl (C=O) groups is 4. The van der Waals surface area contributed by atoms with Crippen molar-refractivity contribution < 1.29 is 59.3 Å². The number of hydrogen-bond donors (Lipinski definition) is 4. The van der Waals surface area contributed by atoms with Gasteiger partial charge in [0, 0.05) is 12.5 Å². The first-order valence-electron chi connectivity index (χ1n) is 12.9. The number of nitrogens with one attached hydrogen (secondary N) is 1. The van der Waals surface area contributed by atoms with Crippen LogP contribution < -0.4 is 20.4 Å². The Labute approximate surface area is 226 Å². The fraction of sp³-hybridized carbons (Fsp3) is 0.481. The molecule has 0 aliphatic carbocycles. The molecule has 214 valence electrons. The van der Waals surface area contributed by atoms with Crippen molar-refractivity contribution in [2.24, 2.45) is 0 Å². The molecule has 0 amide bonds. The Morgan fingerprint density at radius 1 is 0.949 bits per heavy atom. The summed E-state index contributed by atoms with van der Waals surface area (Å²) in [7, 11) is 0. The number of benzene rings is 2. The van der Waals surface area contributed by atoms with E-state index in [4.69, 9.17) is 49.1 Å². The van der Waals surface area contributed by atoms with Gasteiger partial charge in [-0.3, -0.25) is 0 Å². The van der Waals surface area contributed by atoms with Gasteiger partial charge in [-0.1, -0.05) is 42.5 Å². The van der Waals surface area contributed by atoms with Crippen LogP contribution in [0.25, 0.3) is 10.8 Å². The maximum absolute atomic E-state index is 9.04. The van der Waals surface area contributed by atoms with Crippen LogP contribution in [0.3, 0.4) is 0 Å². The summed E-state index contributed by atoms with van der Waals surface area (Å²) in [6.45, 7) is 8.70. The maximum Gasteiger partial charge on any atom is 0.351 e. The molecule has 2 atom stereocenters. The van der Waals surface area contributed by atoms with Gasteiger partial charge in [0.1, 0.15) is 26.2 Å². The number of morpholine rings is 1. The number of carboxylic acids is 4. The molecule has 0 spiro atoms. The van der Waals surface area contributed by atoms with Crippen molar-refractivity contribution >= 4 is 34.6 Å². The Morgan fingerprint density at radius 3 is 2.15 bits per heavy atom. The summed E-state index contributed by atoms with van der Waals surface area (Å²) < 4.78 is 11.5. The lowest BCUT2D eigenvalue weighted by atomic mass is 9.88. The van der Waals surface area contributed by atoms with Gasteiger partial charge in [0.05, 0.1) is 25.9 Å². The van der Waals surface area contributed by atoms with Crippen LogP contribution in [-0.2, 0) is 28.7 Å². The lowest BCUT2D eigenvalue weighted by Gasteiger charge is -2.24. The minimum absolute atomic E-state index is 0.437. The smallest absolute Gasteiger partial charge is 0.351 e. The van der Waals surface area contributed by atoms with E-state index in [2.05, 4.69) is 47.8 Å². The molecule has 2 aliphatic heterocycles. The van der Waals surface area contributed by atoms with E-state index in [9.17, 15) is 0 Å². The van der Waals surface area contributed by atoms with Crippen molar-refractivity contribution in [2.75, 3.05) is 52.5 Å². The molecule has 12 heteroatoms. The number of nitrogens with two attached hydrogens (primary N) is 1. The monoisotopic (exact) mass is 548 g/mol. The highest BCUT2D eigenvalue weighted by Crippen LogP contribution is 2.30. The number of rotatable bonds is 8. The van der Waals surface area contributed by atoms with Crippen LogP contribution in [0.2, 0.25) is 0 Å². The molecule has 2 aromatic rings. The topological polar surface area (TPSA) is 194 Å². The average molecular weight is 549 g/mol. The van der Waals surface area contributed by atoms with E-state index >= 15 is 0 Å². The van der Waals surface area contributed by atoms with Gasteiger partial charge in [-0.15, -0.1) is 0 Å². The summed E-state index contributed by atoms with van der Waals surface area (Å²) in [5.41, 5.74) is 1.50. The lowest BCUT2D eigenvalue weighted by molar-refractivity contribution is -0.919. The minimum Gasteiger partial charge on any atom is -0.539 e. The summed E-state index contributed by atoms with van der Waals surface area (Å²) in [5, 5.41) is 37.9. The van der Waals surface area contributed by atoms with Crippen LogP contribution in [-0.4, -0.2) is 92.7 Å². The molecule has 5 N–H and O–H groups in total. The first kappa shape index (κ1) is 31.6. The second-order valence-electron chi connectivity index (χ2n) is 9.25. The maximum atomic E-state index is 9.04. The van der Waals surface area contributed by atoms with Crippen LogP contribution in [0.1, 0.15) is 30.7 Å². The zero-order chi connectivity index (χ0) is 28.6. The van der Waals surface area contributed by atoms with Crippen LogP contribution in [0.5, 0.6) is 0 Å². The van der Waals surface area contributed by atoms with Gasteiger partial charge >= 0.3 is 11.9 Å². The van der Waals surface area contributed by atoms with Gasteiger partial charge in [-0.05, 0) is 35.6 Å². The number of carboxylic acid groups (broad SMARTS) is 4. The van der Waals surface area contributed by atoms with Crippen molar-refractivity contribution in [3.63, 3.8) is 0 Å². The predicted molar refractivity (Wildman–Crippen MR) is 134 cm³/mol. The standard InChI is InChI=1S/C23H32N2O2.2C2H2O4/c1-2-8-22-19(5-1)6-3-9-23(22)20(17-21-7-4-14-27-21)18-24-10-11-25-12-15-26-16-13-25;2*3-1(4)2(5)6/h1-3,5-6,8-9,20-21,24H,4,7,10-18H2;2*(H,3,4)(H,5,6). The van der Waals surface area contributed by atoms with E-state index < -0.39 is 23.9 Å². The van der Waals surface area contributed by atoms with Gasteiger partial charge in [0.25, 0.3) is 0 Å². The SMILES string of the molecule is O=C([O-])C(=O)O.O=C([O-])C(=O)O.c1ccc2c(C(C[NH2+]CC[NH+]3CCOCC3)CC3CCCO3)cccc2c1. The molecular formula is C27H36N2O10. The molecular weight excluding hydrogens is 512 g/mol. The predicted octanol–water partition coefficient (Wildman–Crippen LogP) is -3.39. The van der Waals surface area contributed by atoms with Crippen LogP contribution >= 0.6 is 0 Å². The summed E-state index contributed by atoms with van der Waals surface area (Å²) in [5.74, 6) is -7.46. The largest absolute Gasteiger partial charge is 0.539 e. The molecule has 2 aromatic carbocycles. The van der Waals surface area contributed by atoms with Gasteiger partial charge in [0.2, 0.25) is 0 Å². The average Bonchev–Trinajstić information content (AvgIpc) is 3.44. The van der Waals surface area contributed by atoms with Crippen LogP contribution in [0.4, 0.5) is 0 Å². The molecule has 0 aromatic heterocycles. The zero-order valence-electron chi connectivity index (χ0n) is 21.7. The number of aliphatic carboxylic acids is 4. The molecule has 12 nitrogen and oxygen atoms in total. The summed E-state index contributed by atoms with van der Waals surface area (Å²) in [6, 6.07) is 15.6. The number of fused-ring (bicyclic) bond motifs is 1. The van der Waals surface area contributed by atoms with Crippen molar-refractivity contribution in [3.05, 3.63) is 48.0 Å². The molecule has 0 radical (unpaired) electrons. The molecule has 2 unspecified atom stereocenters. The molecule has 2 saturated heterocycles. The first-order chi connectivity index (χ1) is 18.7. The molecule has 2 fully saturated rings. The zero-order valence-corrected chi connectivity index (χ0v) is 21.7. The normalized spacial score (nSPS) is 17.7. The Balaban J connectivity index is 0.000000374. The van der Waals surface area contributed by atoms with Gasteiger partial charge in [-0.25, -0.2) is 9.59 Å². The van der Waals surface area contributed by atoms with Crippen molar-refractivity contribution in [3.8, 4) is 0 Å². The second-order valence-corrected chi connectivity index (χ2v) is 9.25. The van der Waals surface area contributed by atoms with E-state index in [1.165, 1.54) is 42.3 Å². The van der Waals surface area contributed by atoms with Gasteiger partial charge < -0.3 is 49.7 Å². The van der Waals surface area contributed by atoms with Crippen molar-refractivity contribution in [1.29, 1.82) is 0 Å². The van der Waals surface area contributed by atoms with E-state index in [-0.39, 0.29) is 0 Å². The Kier molecular flexibility index (Phi) is 13.9. The van der Waals surface area contributed by atoms with E-state index in [0.717, 1.165) is 45.9 Å². The molecule has 39 heavy (non-hydrogen) atoms. The Morgan fingerprint density at radius 2 is 1.56 bits per heavy atom. The number of quaternary nitrogens is 2. The Hall–Kier alpha value is -3.58. The fourth-order valence-corrected chi connectivity index (χ4v) is 4.64. The van der Waals surface area contributed by atoms with Crippen molar-refractivity contribution in [1.82, 2.24) is 0 Å². The molecule has 0 saturated carbocycles. The third kappa shape index (κ3) is 11.8. The minimum atomic E-state index is -2.07. The highest BCUT2D eigenvalue weighted by molar-refractivity contribution is 6.26. The van der Waals surface area contributed by atoms with E-state index in [1.54, 1.807) is 4.90 Å². The quantitative estimate of drug-likeness (QED) is 0.191. The molecule has 2 aliphatic rings. The first-order valence-corrected chi connectivity index (χ1v) is 12.9. The van der Waals surface area contributed by atoms with Gasteiger partial charge in [-0.2, -0.15) is 0 Å². The van der Waals surface area contributed by atoms with E-state index in [0.29, 0.717) is 12.0 Å². The van der Waals surface area contributed by atoms with Crippen molar-refractivity contribution in [2.45, 2.75) is 31.3 Å². The number of ether oxygens (including phenoxy) is 2. The molecule has 4 rings (SSSR count). The molecule has 0 bridgehead atoms. The van der Waals surface area contributed by atoms with Crippen LogP contribution in [0, 0.1) is 0 Å². The highest BCUT2D eigenvalue weighted by atomic mass is 16.5. The highest BCUT2D eigenvalue weighted by Gasteiger charge is 2.24. The van der Waals surface area contributed by atoms with E-state index in [1.807, 2.05) is 0 Å². The van der Waals surface area contributed by atoms with Gasteiger partial charge in [0.15, 0.2) is 11.9 Å². The summed E-state index contributed by atoms with van der Waals surface area (Å²) in [4.78, 5) is 37.7. The third-order valence-corrected chi connectivity index (χ3v) is 6.54.